The molecule has 0 saturated carbocycles. The van der Waals surface area contributed by atoms with Crippen LogP contribution < -0.4 is 5.56 Å². The van der Waals surface area contributed by atoms with Crippen molar-refractivity contribution in [3.63, 3.8) is 0 Å². The van der Waals surface area contributed by atoms with E-state index in [0.717, 1.165) is 10.9 Å². The highest BCUT2D eigenvalue weighted by Gasteiger charge is 2.09. The van der Waals surface area contributed by atoms with Gasteiger partial charge in [-0.1, -0.05) is 18.2 Å². The van der Waals surface area contributed by atoms with Gasteiger partial charge in [-0.3, -0.25) is 4.79 Å². The Morgan fingerprint density at radius 2 is 2.06 bits per heavy atom. The van der Waals surface area contributed by atoms with Gasteiger partial charge < -0.3 is 9.88 Å². The number of benzene rings is 1. The second-order valence-electron chi connectivity index (χ2n) is 4.18. The van der Waals surface area contributed by atoms with E-state index in [0.29, 0.717) is 5.56 Å². The summed E-state index contributed by atoms with van der Waals surface area (Å²) in [6, 6.07) is 9.42. The molecule has 1 heterocycles. The SMILES string of the molecule is CN(C)/C=C\c1c(C#N)c(=O)[nH]c2ccccc12. The van der Waals surface area contributed by atoms with Crippen LogP contribution in [-0.4, -0.2) is 24.0 Å². The minimum Gasteiger partial charge on any atom is -0.383 e. The molecule has 1 aromatic heterocycles. The second-order valence-corrected chi connectivity index (χ2v) is 4.18. The highest BCUT2D eigenvalue weighted by atomic mass is 16.1. The van der Waals surface area contributed by atoms with Gasteiger partial charge in [0.05, 0.1) is 0 Å². The smallest absolute Gasteiger partial charge is 0.266 e. The zero-order chi connectivity index (χ0) is 13.1. The van der Waals surface area contributed by atoms with E-state index in [-0.39, 0.29) is 11.1 Å². The molecular formula is C14H13N3O. The Hall–Kier alpha value is -2.54. The number of aromatic nitrogens is 1. The highest BCUT2D eigenvalue weighted by molar-refractivity contribution is 5.89. The van der Waals surface area contributed by atoms with Crippen LogP contribution in [0.1, 0.15) is 11.1 Å². The van der Waals surface area contributed by atoms with Gasteiger partial charge in [0.15, 0.2) is 0 Å². The molecule has 1 aromatic carbocycles. The Morgan fingerprint density at radius 1 is 1.33 bits per heavy atom. The number of fused-ring (bicyclic) bond motifs is 1. The summed E-state index contributed by atoms with van der Waals surface area (Å²) in [6.45, 7) is 0. The number of pyridine rings is 1. The first kappa shape index (κ1) is 11.9. The van der Waals surface area contributed by atoms with Crippen LogP contribution in [0.3, 0.4) is 0 Å². The van der Waals surface area contributed by atoms with Crippen LogP contribution in [0, 0.1) is 11.3 Å². The van der Waals surface area contributed by atoms with E-state index in [2.05, 4.69) is 4.98 Å². The molecule has 90 valence electrons. The van der Waals surface area contributed by atoms with Gasteiger partial charge in [-0.25, -0.2) is 0 Å². The van der Waals surface area contributed by atoms with E-state index in [1.165, 1.54) is 0 Å². The van der Waals surface area contributed by atoms with Crippen molar-refractivity contribution in [2.75, 3.05) is 14.1 Å². The molecule has 0 bridgehead atoms. The standard InChI is InChI=1S/C14H13N3O/c1-17(2)8-7-10-11-5-3-4-6-13(11)16-14(18)12(10)9-15/h3-8H,1-2H3,(H,16,18)/b8-7-. The number of nitrogens with one attached hydrogen (secondary N) is 1. The minimum atomic E-state index is -0.352. The lowest BCUT2D eigenvalue weighted by Crippen LogP contribution is -2.12. The molecular weight excluding hydrogens is 226 g/mol. The van der Waals surface area contributed by atoms with Gasteiger partial charge in [0.25, 0.3) is 5.56 Å². The van der Waals surface area contributed by atoms with E-state index in [1.54, 1.807) is 6.08 Å². The predicted octanol–water partition coefficient (Wildman–Crippen LogP) is 1.93. The van der Waals surface area contributed by atoms with Crippen LogP contribution in [0.5, 0.6) is 0 Å². The third-order valence-corrected chi connectivity index (χ3v) is 2.61. The summed E-state index contributed by atoms with van der Waals surface area (Å²) in [4.78, 5) is 16.4. The molecule has 0 aliphatic rings. The first-order valence-corrected chi connectivity index (χ1v) is 5.53. The maximum Gasteiger partial charge on any atom is 0.266 e. The van der Waals surface area contributed by atoms with Gasteiger partial charge in [0.2, 0.25) is 0 Å². The van der Waals surface area contributed by atoms with Gasteiger partial charge in [-0.2, -0.15) is 5.26 Å². The van der Waals surface area contributed by atoms with Gasteiger partial charge in [-0.05, 0) is 18.3 Å². The monoisotopic (exact) mass is 239 g/mol. The lowest BCUT2D eigenvalue weighted by Gasteiger charge is -2.07. The molecule has 4 nitrogen and oxygen atoms in total. The Kier molecular flexibility index (Phi) is 3.16. The number of nitrogens with zero attached hydrogens (tertiary/aromatic N) is 2. The lowest BCUT2D eigenvalue weighted by molar-refractivity contribution is 0.567. The summed E-state index contributed by atoms with van der Waals surface area (Å²) in [5, 5.41) is 9.97. The minimum absolute atomic E-state index is 0.145. The summed E-state index contributed by atoms with van der Waals surface area (Å²) < 4.78 is 0. The van der Waals surface area contributed by atoms with Crippen LogP contribution in [0.15, 0.2) is 35.3 Å². The zero-order valence-corrected chi connectivity index (χ0v) is 10.3. The fourth-order valence-electron chi connectivity index (χ4n) is 1.78. The fraction of sp³-hybridized carbons (Fsp3) is 0.143. The number of nitriles is 1. The number of H-pyrrole nitrogens is 1. The molecule has 0 atom stereocenters. The number of hydrogen-bond donors (Lipinski definition) is 1. The van der Waals surface area contributed by atoms with E-state index in [4.69, 9.17) is 5.26 Å². The van der Waals surface area contributed by atoms with E-state index in [1.807, 2.05) is 55.5 Å². The maximum absolute atomic E-state index is 11.8. The molecule has 4 heteroatoms. The summed E-state index contributed by atoms with van der Waals surface area (Å²) in [5.74, 6) is 0. The van der Waals surface area contributed by atoms with E-state index < -0.39 is 0 Å². The number of para-hydroxylation sites is 1. The molecule has 0 saturated heterocycles. The Morgan fingerprint density at radius 3 is 2.72 bits per heavy atom. The normalized spacial score (nSPS) is 10.7. The molecule has 1 N–H and O–H groups in total. The maximum atomic E-state index is 11.8. The third-order valence-electron chi connectivity index (χ3n) is 2.61. The topological polar surface area (TPSA) is 59.9 Å². The molecule has 0 aliphatic heterocycles. The average Bonchev–Trinajstić information content (AvgIpc) is 2.35. The quantitative estimate of drug-likeness (QED) is 0.871. The van der Waals surface area contributed by atoms with Gasteiger partial charge in [0, 0.05) is 30.6 Å². The predicted molar refractivity (Wildman–Crippen MR) is 72.0 cm³/mol. The Labute approximate surface area is 105 Å². The largest absolute Gasteiger partial charge is 0.383 e. The summed E-state index contributed by atoms with van der Waals surface area (Å²) in [6.07, 6.45) is 3.61. The summed E-state index contributed by atoms with van der Waals surface area (Å²) in [7, 11) is 3.77. The molecule has 2 aromatic rings. The second kappa shape index (κ2) is 4.76. The number of aromatic amines is 1. The first-order valence-electron chi connectivity index (χ1n) is 5.53. The van der Waals surface area contributed by atoms with Crippen molar-refractivity contribution >= 4 is 17.0 Å². The van der Waals surface area contributed by atoms with Crippen molar-refractivity contribution in [2.24, 2.45) is 0 Å². The van der Waals surface area contributed by atoms with Crippen LogP contribution in [0.2, 0.25) is 0 Å². The third kappa shape index (κ3) is 2.11. The zero-order valence-electron chi connectivity index (χ0n) is 10.3. The van der Waals surface area contributed by atoms with Gasteiger partial charge in [0.1, 0.15) is 11.6 Å². The van der Waals surface area contributed by atoms with Crippen LogP contribution >= 0.6 is 0 Å². The number of rotatable bonds is 2. The number of hydrogen-bond acceptors (Lipinski definition) is 3. The molecule has 0 unspecified atom stereocenters. The van der Waals surface area contributed by atoms with Crippen LogP contribution in [-0.2, 0) is 0 Å². The van der Waals surface area contributed by atoms with E-state index in [9.17, 15) is 4.79 Å². The summed E-state index contributed by atoms with van der Waals surface area (Å²) in [5.41, 5.74) is 1.19. The van der Waals surface area contributed by atoms with Crippen molar-refractivity contribution in [2.45, 2.75) is 0 Å². The Balaban J connectivity index is 2.82. The van der Waals surface area contributed by atoms with Gasteiger partial charge >= 0.3 is 0 Å². The molecule has 18 heavy (non-hydrogen) atoms. The average molecular weight is 239 g/mol. The summed E-state index contributed by atoms with van der Waals surface area (Å²) >= 11 is 0. The molecule has 0 fully saturated rings. The molecule has 0 aliphatic carbocycles. The fourth-order valence-corrected chi connectivity index (χ4v) is 1.78. The Bertz CT molecular complexity index is 705. The molecule has 0 radical (unpaired) electrons. The molecule has 0 amide bonds. The molecule has 2 rings (SSSR count). The van der Waals surface area contributed by atoms with Crippen molar-refractivity contribution in [1.29, 1.82) is 5.26 Å². The van der Waals surface area contributed by atoms with Crippen LogP contribution in [0.4, 0.5) is 0 Å². The molecule has 0 spiro atoms. The van der Waals surface area contributed by atoms with Crippen molar-refractivity contribution < 1.29 is 0 Å². The van der Waals surface area contributed by atoms with E-state index >= 15 is 0 Å². The van der Waals surface area contributed by atoms with Gasteiger partial charge in [-0.15, -0.1) is 0 Å². The van der Waals surface area contributed by atoms with Crippen molar-refractivity contribution in [3.05, 3.63) is 51.9 Å². The van der Waals surface area contributed by atoms with Crippen molar-refractivity contribution in [1.82, 2.24) is 9.88 Å². The lowest BCUT2D eigenvalue weighted by atomic mass is 10.0. The van der Waals surface area contributed by atoms with Crippen LogP contribution in [0.25, 0.3) is 17.0 Å². The highest BCUT2D eigenvalue weighted by Crippen LogP contribution is 2.19. The first-order chi connectivity index (χ1) is 8.63. The van der Waals surface area contributed by atoms with Crippen molar-refractivity contribution in [3.8, 4) is 6.07 Å².